The van der Waals surface area contributed by atoms with Gasteiger partial charge in [-0.2, -0.15) is 0 Å². The molecule has 2 N–H and O–H groups in total. The third kappa shape index (κ3) is 6.09. The van der Waals surface area contributed by atoms with E-state index < -0.39 is 0 Å². The highest BCUT2D eigenvalue weighted by molar-refractivity contribution is 7.09. The van der Waals surface area contributed by atoms with Crippen molar-refractivity contribution in [2.24, 2.45) is 0 Å². The van der Waals surface area contributed by atoms with Crippen LogP contribution in [0.2, 0.25) is 0 Å². The molecule has 4 nitrogen and oxygen atoms in total. The number of rotatable bonds is 7. The van der Waals surface area contributed by atoms with E-state index in [9.17, 15) is 4.79 Å². The maximum Gasteiger partial charge on any atom is 0.315 e. The van der Waals surface area contributed by atoms with Gasteiger partial charge in [0.05, 0.1) is 6.10 Å². The molecule has 1 aliphatic carbocycles. The first-order chi connectivity index (χ1) is 12.3. The van der Waals surface area contributed by atoms with Crippen LogP contribution in [0, 0.1) is 0 Å². The zero-order chi connectivity index (χ0) is 17.3. The molecule has 0 bridgehead atoms. The number of benzene rings is 1. The first-order valence-electron chi connectivity index (χ1n) is 9.09. The Balaban J connectivity index is 1.35. The molecule has 3 rings (SSSR count). The molecule has 2 aromatic rings. The zero-order valence-electron chi connectivity index (χ0n) is 14.5. The van der Waals surface area contributed by atoms with Crippen molar-refractivity contribution in [3.63, 3.8) is 0 Å². The topological polar surface area (TPSA) is 50.4 Å². The molecule has 1 aliphatic rings. The first-order valence-corrected chi connectivity index (χ1v) is 9.97. The number of thiophene rings is 1. The summed E-state index contributed by atoms with van der Waals surface area (Å²) in [6.07, 6.45) is 7.44. The average Bonchev–Trinajstić information content (AvgIpc) is 3.15. The average molecular weight is 359 g/mol. The minimum atomic E-state index is -0.126. The van der Waals surface area contributed by atoms with E-state index in [-0.39, 0.29) is 6.03 Å². The van der Waals surface area contributed by atoms with Crippen molar-refractivity contribution >= 4 is 17.4 Å². The van der Waals surface area contributed by atoms with E-state index in [2.05, 4.69) is 22.1 Å². The van der Waals surface area contributed by atoms with Gasteiger partial charge in [0.25, 0.3) is 0 Å². The monoisotopic (exact) mass is 358 g/mol. The Morgan fingerprint density at radius 2 is 1.88 bits per heavy atom. The van der Waals surface area contributed by atoms with Gasteiger partial charge < -0.3 is 15.4 Å². The minimum Gasteiger partial charge on any atom is -0.490 e. The fourth-order valence-corrected chi connectivity index (χ4v) is 3.77. The Kier molecular flexibility index (Phi) is 6.74. The second-order valence-electron chi connectivity index (χ2n) is 6.46. The highest BCUT2D eigenvalue weighted by Crippen LogP contribution is 2.23. The van der Waals surface area contributed by atoms with Gasteiger partial charge in [0.2, 0.25) is 0 Å². The van der Waals surface area contributed by atoms with Crippen LogP contribution < -0.4 is 15.4 Å². The lowest BCUT2D eigenvalue weighted by atomic mass is 9.98. The predicted molar refractivity (Wildman–Crippen MR) is 102 cm³/mol. The summed E-state index contributed by atoms with van der Waals surface area (Å²) in [6.45, 7) is 1.18. The molecular formula is C20H26N2O2S. The van der Waals surface area contributed by atoms with Gasteiger partial charge in [0.1, 0.15) is 5.75 Å². The fraction of sp³-hybridized carbons (Fsp3) is 0.450. The molecule has 5 heteroatoms. The Morgan fingerprint density at radius 1 is 1.08 bits per heavy atom. The smallest absolute Gasteiger partial charge is 0.315 e. The lowest BCUT2D eigenvalue weighted by Gasteiger charge is -2.23. The summed E-state index contributed by atoms with van der Waals surface area (Å²) in [5, 5.41) is 7.83. The largest absolute Gasteiger partial charge is 0.490 e. The molecule has 2 amide bonds. The van der Waals surface area contributed by atoms with Crippen LogP contribution in [0.4, 0.5) is 4.79 Å². The van der Waals surface area contributed by atoms with Crippen LogP contribution >= 0.6 is 11.3 Å². The first kappa shape index (κ1) is 17.8. The maximum absolute atomic E-state index is 11.8. The molecule has 134 valence electrons. The van der Waals surface area contributed by atoms with Crippen molar-refractivity contribution in [1.29, 1.82) is 0 Å². The van der Waals surface area contributed by atoms with E-state index in [0.717, 1.165) is 30.6 Å². The van der Waals surface area contributed by atoms with Crippen LogP contribution in [0.25, 0.3) is 0 Å². The normalized spacial score (nSPS) is 14.9. The number of ether oxygens (including phenoxy) is 1. The molecule has 0 saturated heterocycles. The maximum atomic E-state index is 11.8. The number of hydrogen-bond donors (Lipinski definition) is 2. The highest BCUT2D eigenvalue weighted by Gasteiger charge is 2.14. The summed E-state index contributed by atoms with van der Waals surface area (Å²) in [6, 6.07) is 12.0. The van der Waals surface area contributed by atoms with Gasteiger partial charge in [-0.15, -0.1) is 11.3 Å². The van der Waals surface area contributed by atoms with Crippen LogP contribution in [0.15, 0.2) is 41.8 Å². The van der Waals surface area contributed by atoms with Crippen molar-refractivity contribution in [2.45, 2.75) is 51.2 Å². The van der Waals surface area contributed by atoms with Gasteiger partial charge in [-0.05, 0) is 61.2 Å². The fourth-order valence-electron chi connectivity index (χ4n) is 3.06. The molecule has 0 aliphatic heterocycles. The van der Waals surface area contributed by atoms with Crippen LogP contribution in [-0.4, -0.2) is 18.7 Å². The van der Waals surface area contributed by atoms with E-state index in [4.69, 9.17) is 4.74 Å². The summed E-state index contributed by atoms with van der Waals surface area (Å²) in [7, 11) is 0. The van der Waals surface area contributed by atoms with Crippen LogP contribution in [-0.2, 0) is 13.0 Å². The number of amides is 2. The molecular weight excluding hydrogens is 332 g/mol. The van der Waals surface area contributed by atoms with Crippen molar-refractivity contribution in [3.05, 3.63) is 52.2 Å². The summed E-state index contributed by atoms with van der Waals surface area (Å²) in [5.74, 6) is 0.927. The third-order valence-electron chi connectivity index (χ3n) is 4.47. The molecule has 1 heterocycles. The molecule has 1 fully saturated rings. The number of urea groups is 1. The molecule has 1 aromatic carbocycles. The molecule has 1 saturated carbocycles. The predicted octanol–water partition coefficient (Wildman–Crippen LogP) is 4.50. The quantitative estimate of drug-likeness (QED) is 0.765. The number of carbonyl (C=O) groups is 1. The SMILES string of the molecule is O=C(NCCc1cccs1)NCc1ccc(OC2CCCCC2)cc1. The van der Waals surface area contributed by atoms with Gasteiger partial charge in [-0.3, -0.25) is 0 Å². The van der Waals surface area contributed by atoms with Gasteiger partial charge >= 0.3 is 6.03 Å². The van der Waals surface area contributed by atoms with Crippen LogP contribution in [0.5, 0.6) is 5.75 Å². The summed E-state index contributed by atoms with van der Waals surface area (Å²) in [5.41, 5.74) is 1.07. The van der Waals surface area contributed by atoms with E-state index in [0.29, 0.717) is 19.2 Å². The second-order valence-corrected chi connectivity index (χ2v) is 7.49. The third-order valence-corrected chi connectivity index (χ3v) is 5.40. The van der Waals surface area contributed by atoms with Crippen molar-refractivity contribution in [3.8, 4) is 5.75 Å². The van der Waals surface area contributed by atoms with Gasteiger partial charge in [0.15, 0.2) is 0 Å². The van der Waals surface area contributed by atoms with Crippen LogP contribution in [0.1, 0.15) is 42.5 Å². The standard InChI is InChI=1S/C20H26N2O2S/c23-20(21-13-12-19-7-4-14-25-19)22-15-16-8-10-18(11-9-16)24-17-5-2-1-3-6-17/h4,7-11,14,17H,1-3,5-6,12-13,15H2,(H2,21,22,23). The van der Waals surface area contributed by atoms with E-state index >= 15 is 0 Å². The Labute approximate surface area is 153 Å². The van der Waals surface area contributed by atoms with Gasteiger partial charge in [0, 0.05) is 18.0 Å². The van der Waals surface area contributed by atoms with Crippen molar-refractivity contribution in [2.75, 3.05) is 6.54 Å². The summed E-state index contributed by atoms with van der Waals surface area (Å²) < 4.78 is 6.03. The lowest BCUT2D eigenvalue weighted by Crippen LogP contribution is -2.36. The Morgan fingerprint density at radius 3 is 2.60 bits per heavy atom. The van der Waals surface area contributed by atoms with E-state index in [1.54, 1.807) is 11.3 Å². The van der Waals surface area contributed by atoms with Crippen molar-refractivity contribution < 1.29 is 9.53 Å². The molecule has 0 unspecified atom stereocenters. The summed E-state index contributed by atoms with van der Waals surface area (Å²) >= 11 is 1.71. The summed E-state index contributed by atoms with van der Waals surface area (Å²) in [4.78, 5) is 13.1. The molecule has 0 radical (unpaired) electrons. The minimum absolute atomic E-state index is 0.126. The van der Waals surface area contributed by atoms with E-state index in [1.807, 2.05) is 30.3 Å². The molecule has 0 atom stereocenters. The number of nitrogens with one attached hydrogen (secondary N) is 2. The van der Waals surface area contributed by atoms with Crippen molar-refractivity contribution in [1.82, 2.24) is 10.6 Å². The molecule has 25 heavy (non-hydrogen) atoms. The number of carbonyl (C=O) groups excluding carboxylic acids is 1. The van der Waals surface area contributed by atoms with Crippen LogP contribution in [0.3, 0.4) is 0 Å². The van der Waals surface area contributed by atoms with E-state index in [1.165, 1.54) is 24.1 Å². The Hall–Kier alpha value is -2.01. The molecule has 0 spiro atoms. The highest BCUT2D eigenvalue weighted by atomic mass is 32.1. The van der Waals surface area contributed by atoms with Gasteiger partial charge in [-0.1, -0.05) is 24.6 Å². The zero-order valence-corrected chi connectivity index (χ0v) is 15.3. The van der Waals surface area contributed by atoms with Gasteiger partial charge in [-0.25, -0.2) is 4.79 Å². The Bertz CT molecular complexity index is 634. The number of hydrogen-bond acceptors (Lipinski definition) is 3. The lowest BCUT2D eigenvalue weighted by molar-refractivity contribution is 0.155. The second kappa shape index (κ2) is 9.47. The molecule has 1 aromatic heterocycles.